The number of fused-ring (bicyclic) bond motifs is 1. The lowest BCUT2D eigenvalue weighted by Gasteiger charge is -2.29. The topological polar surface area (TPSA) is 41.6 Å². The molecule has 1 aromatic carbocycles. The van der Waals surface area contributed by atoms with Crippen LogP contribution in [0.5, 0.6) is 0 Å². The summed E-state index contributed by atoms with van der Waals surface area (Å²) >= 11 is 11.5. The summed E-state index contributed by atoms with van der Waals surface area (Å²) in [5, 5.41) is 3.07. The smallest absolute Gasteiger partial charge is 0.412 e. The van der Waals surface area contributed by atoms with Gasteiger partial charge in [-0.05, 0) is 32.4 Å². The van der Waals surface area contributed by atoms with E-state index in [1.54, 1.807) is 0 Å². The van der Waals surface area contributed by atoms with E-state index in [1.165, 1.54) is 4.90 Å². The number of hydrogen-bond donors (Lipinski definition) is 1. The van der Waals surface area contributed by atoms with E-state index in [9.17, 15) is 4.79 Å². The average Bonchev–Trinajstić information content (AvgIpc) is 2.46. The maximum Gasteiger partial charge on any atom is 0.412 e. The lowest BCUT2D eigenvalue weighted by Crippen LogP contribution is -2.43. The third-order valence-corrected chi connectivity index (χ3v) is 3.64. The molecule has 1 aliphatic rings. The van der Waals surface area contributed by atoms with Crippen molar-refractivity contribution in [3.63, 3.8) is 0 Å². The normalized spacial score (nSPS) is 18.9. The third-order valence-electron chi connectivity index (χ3n) is 2.73. The van der Waals surface area contributed by atoms with Crippen molar-refractivity contribution in [2.75, 3.05) is 5.32 Å². The van der Waals surface area contributed by atoms with Crippen molar-refractivity contribution in [3.8, 4) is 0 Å². The van der Waals surface area contributed by atoms with Gasteiger partial charge < -0.3 is 10.1 Å². The Morgan fingerprint density at radius 2 is 2.10 bits per heavy atom. The highest BCUT2D eigenvalue weighted by Gasteiger charge is 2.32. The molecule has 0 aliphatic carbocycles. The quantitative estimate of drug-likeness (QED) is 0.450. The zero-order valence-electron chi connectivity index (χ0n) is 11.6. The molecule has 6 heteroatoms. The highest BCUT2D eigenvalue weighted by molar-refractivity contribution is 7.80. The van der Waals surface area contributed by atoms with Gasteiger partial charge in [-0.25, -0.2) is 4.79 Å². The number of hydrogen-bond acceptors (Lipinski definition) is 3. The van der Waals surface area contributed by atoms with Crippen LogP contribution in [0.25, 0.3) is 0 Å². The number of benzene rings is 1. The van der Waals surface area contributed by atoms with Crippen molar-refractivity contribution in [1.82, 2.24) is 4.90 Å². The Kier molecular flexibility index (Phi) is 4.20. The molecular formula is C14H17ClN2O2S. The molecule has 108 valence electrons. The maximum atomic E-state index is 12.3. The summed E-state index contributed by atoms with van der Waals surface area (Å²) in [4.78, 5) is 14.1. The number of anilines is 1. The number of amides is 1. The first kappa shape index (κ1) is 15.1. The number of carbonyl (C=O) groups is 1. The fraction of sp³-hybridized carbons (Fsp3) is 0.429. The molecule has 0 aromatic heterocycles. The molecule has 20 heavy (non-hydrogen) atoms. The summed E-state index contributed by atoms with van der Waals surface area (Å²) in [5.41, 5.74) is 0.513. The Morgan fingerprint density at radius 3 is 2.75 bits per heavy atom. The van der Waals surface area contributed by atoms with Gasteiger partial charge in [0.2, 0.25) is 0 Å². The van der Waals surface area contributed by atoms with Gasteiger partial charge in [0.25, 0.3) is 0 Å². The van der Waals surface area contributed by atoms with E-state index in [4.69, 9.17) is 28.6 Å². The van der Waals surface area contributed by atoms with E-state index in [0.29, 0.717) is 11.5 Å². The first-order valence-electron chi connectivity index (χ1n) is 6.30. The fourth-order valence-electron chi connectivity index (χ4n) is 1.86. The van der Waals surface area contributed by atoms with Crippen LogP contribution in [0.15, 0.2) is 24.3 Å². The summed E-state index contributed by atoms with van der Waals surface area (Å²) in [6, 6.07) is 7.65. The summed E-state index contributed by atoms with van der Waals surface area (Å²) in [5.74, 6) is 0. The van der Waals surface area contributed by atoms with Crippen molar-refractivity contribution in [2.24, 2.45) is 0 Å². The van der Waals surface area contributed by atoms with E-state index in [0.717, 1.165) is 11.3 Å². The van der Waals surface area contributed by atoms with Gasteiger partial charge in [-0.2, -0.15) is 0 Å². The average molecular weight is 313 g/mol. The summed E-state index contributed by atoms with van der Waals surface area (Å²) in [6.07, 6.45) is -0.474. The lowest BCUT2D eigenvalue weighted by molar-refractivity contribution is 0.0245. The summed E-state index contributed by atoms with van der Waals surface area (Å²) in [6.45, 7) is 5.80. The monoisotopic (exact) mass is 312 g/mol. The maximum absolute atomic E-state index is 12.3. The highest BCUT2D eigenvalue weighted by Crippen LogP contribution is 2.26. The number of thiocarbonyl (C=S) groups is 1. The number of nitrogens with one attached hydrogen (secondary N) is 1. The summed E-state index contributed by atoms with van der Waals surface area (Å²) in [7, 11) is 0. The predicted molar refractivity (Wildman–Crippen MR) is 84.1 cm³/mol. The second-order valence-corrected chi connectivity index (χ2v) is 6.44. The Hall–Kier alpha value is -1.33. The first-order valence-corrected chi connectivity index (χ1v) is 7.15. The van der Waals surface area contributed by atoms with Crippen molar-refractivity contribution >= 4 is 40.6 Å². The van der Waals surface area contributed by atoms with E-state index < -0.39 is 17.2 Å². The highest BCUT2D eigenvalue weighted by atomic mass is 35.5. The molecule has 1 N–H and O–H groups in total. The van der Waals surface area contributed by atoms with Gasteiger partial charge >= 0.3 is 6.09 Å². The second kappa shape index (κ2) is 5.58. The molecule has 1 aromatic rings. The zero-order valence-corrected chi connectivity index (χ0v) is 13.2. The Morgan fingerprint density at radius 1 is 1.45 bits per heavy atom. The summed E-state index contributed by atoms with van der Waals surface area (Å²) < 4.78 is 5.38. The largest absolute Gasteiger partial charge is 0.444 e. The molecule has 0 bridgehead atoms. The van der Waals surface area contributed by atoms with E-state index >= 15 is 0 Å². The van der Waals surface area contributed by atoms with E-state index in [1.807, 2.05) is 45.0 Å². The molecule has 0 spiro atoms. The van der Waals surface area contributed by atoms with Crippen LogP contribution in [0.3, 0.4) is 0 Å². The number of nitrogens with zero attached hydrogens (tertiary/aromatic N) is 1. The van der Waals surface area contributed by atoms with E-state index in [-0.39, 0.29) is 0 Å². The van der Waals surface area contributed by atoms with Crippen LogP contribution in [0, 0.1) is 0 Å². The Bertz CT molecular complexity index is 542. The van der Waals surface area contributed by atoms with Crippen LogP contribution in [0.2, 0.25) is 0 Å². The third kappa shape index (κ3) is 3.41. The first-order chi connectivity index (χ1) is 9.28. The molecule has 4 nitrogen and oxygen atoms in total. The van der Waals surface area contributed by atoms with Gasteiger partial charge in [0.15, 0.2) is 5.50 Å². The molecule has 0 saturated carbocycles. The van der Waals surface area contributed by atoms with Crippen LogP contribution in [0.4, 0.5) is 10.5 Å². The lowest BCUT2D eigenvalue weighted by atomic mass is 10.2. The van der Waals surface area contributed by atoms with Gasteiger partial charge in [-0.3, -0.25) is 4.90 Å². The van der Waals surface area contributed by atoms with Crippen LogP contribution < -0.4 is 5.32 Å². The molecule has 0 radical (unpaired) electrons. The zero-order chi connectivity index (χ0) is 14.9. The van der Waals surface area contributed by atoms with Crippen LogP contribution in [-0.4, -0.2) is 27.1 Å². The molecule has 1 unspecified atom stereocenters. The molecule has 2 rings (SSSR count). The number of para-hydroxylation sites is 1. The SMILES string of the molecule is CC(C)(C)OC(=O)N1Cc2ccccc2NC(=S)C1Cl. The number of halogens is 1. The van der Waals surface area contributed by atoms with Crippen LogP contribution >= 0.6 is 23.8 Å². The molecular weight excluding hydrogens is 296 g/mol. The van der Waals surface area contributed by atoms with Crippen molar-refractivity contribution in [3.05, 3.63) is 29.8 Å². The van der Waals surface area contributed by atoms with Crippen LogP contribution in [0.1, 0.15) is 26.3 Å². The minimum Gasteiger partial charge on any atom is -0.444 e. The van der Waals surface area contributed by atoms with Gasteiger partial charge in [0.1, 0.15) is 10.6 Å². The standard InChI is InChI=1S/C14H17ClN2O2S/c1-14(2,3)19-13(18)17-8-9-6-4-5-7-10(9)16-12(20)11(17)15/h4-7,11H,8H2,1-3H3,(H,16,20). The number of carbonyl (C=O) groups excluding carboxylic acids is 1. The fourth-order valence-corrected chi connectivity index (χ4v) is 2.30. The van der Waals surface area contributed by atoms with Crippen molar-refractivity contribution < 1.29 is 9.53 Å². The molecule has 1 amide bonds. The van der Waals surface area contributed by atoms with Crippen molar-refractivity contribution in [2.45, 2.75) is 38.4 Å². The van der Waals surface area contributed by atoms with E-state index in [2.05, 4.69) is 5.32 Å². The second-order valence-electron chi connectivity index (χ2n) is 5.59. The predicted octanol–water partition coefficient (Wildman–Crippen LogP) is 3.74. The molecule has 1 aliphatic heterocycles. The number of rotatable bonds is 0. The molecule has 1 atom stereocenters. The number of ether oxygens (including phenoxy) is 1. The molecule has 1 heterocycles. The van der Waals surface area contributed by atoms with Gasteiger partial charge in [-0.1, -0.05) is 42.0 Å². The minimum absolute atomic E-state index is 0.354. The van der Waals surface area contributed by atoms with Crippen molar-refractivity contribution in [1.29, 1.82) is 0 Å². The molecule has 0 fully saturated rings. The van der Waals surface area contributed by atoms with Gasteiger partial charge in [0, 0.05) is 5.69 Å². The van der Waals surface area contributed by atoms with Gasteiger partial charge in [0.05, 0.1) is 6.54 Å². The Labute approximate surface area is 129 Å². The molecule has 0 saturated heterocycles. The van der Waals surface area contributed by atoms with Gasteiger partial charge in [-0.15, -0.1) is 0 Å². The number of alkyl halides is 1. The Balaban J connectivity index is 2.29. The minimum atomic E-state index is -0.729. The van der Waals surface area contributed by atoms with Crippen LogP contribution in [-0.2, 0) is 11.3 Å².